The highest BCUT2D eigenvalue weighted by Crippen LogP contribution is 2.22. The molecule has 1 aliphatic heterocycles. The molecule has 2 atom stereocenters. The summed E-state index contributed by atoms with van der Waals surface area (Å²) < 4.78 is 0. The molecule has 1 rings (SSSR count). The maximum atomic E-state index is 12.6. The largest absolute Gasteiger partial charge is 0.480 e. The van der Waals surface area contributed by atoms with Gasteiger partial charge >= 0.3 is 12.0 Å². The van der Waals surface area contributed by atoms with E-state index in [0.717, 1.165) is 38.6 Å². The molecule has 19 heavy (non-hydrogen) atoms. The Kier molecular flexibility index (Phi) is 6.12. The second kappa shape index (κ2) is 7.36. The topological polar surface area (TPSA) is 60.9 Å². The molecule has 110 valence electrons. The van der Waals surface area contributed by atoms with Crippen LogP contribution in [0.3, 0.4) is 0 Å². The molecular weight excluding hydrogens is 244 g/mol. The smallest absolute Gasteiger partial charge is 0.323 e. The van der Waals surface area contributed by atoms with Crippen LogP contribution in [0.1, 0.15) is 52.9 Å². The number of carboxylic acids is 1. The van der Waals surface area contributed by atoms with E-state index in [9.17, 15) is 9.59 Å². The van der Waals surface area contributed by atoms with Crippen molar-refractivity contribution in [3.8, 4) is 0 Å². The Morgan fingerprint density at radius 3 is 2.58 bits per heavy atom. The average Bonchev–Trinajstić information content (AvgIpc) is 2.42. The number of hydrogen-bond donors (Lipinski definition) is 1. The number of nitrogens with zero attached hydrogens (tertiary/aromatic N) is 2. The molecule has 0 aromatic heterocycles. The van der Waals surface area contributed by atoms with Gasteiger partial charge in [0.15, 0.2) is 0 Å². The van der Waals surface area contributed by atoms with Gasteiger partial charge in [0.1, 0.15) is 6.54 Å². The summed E-state index contributed by atoms with van der Waals surface area (Å²) in [7, 11) is 0. The van der Waals surface area contributed by atoms with Gasteiger partial charge in [-0.05, 0) is 39.0 Å². The summed E-state index contributed by atoms with van der Waals surface area (Å²) >= 11 is 0. The zero-order chi connectivity index (χ0) is 14.4. The van der Waals surface area contributed by atoms with Crippen LogP contribution in [0.2, 0.25) is 0 Å². The molecule has 0 spiro atoms. The van der Waals surface area contributed by atoms with Crippen molar-refractivity contribution in [1.29, 1.82) is 0 Å². The molecule has 1 N–H and O–H groups in total. The highest BCUT2D eigenvalue weighted by Gasteiger charge is 2.31. The van der Waals surface area contributed by atoms with E-state index in [1.165, 1.54) is 4.90 Å². The van der Waals surface area contributed by atoms with E-state index in [1.54, 1.807) is 0 Å². The quantitative estimate of drug-likeness (QED) is 0.835. The predicted molar refractivity (Wildman–Crippen MR) is 74.1 cm³/mol. The normalized spacial score (nSPS) is 21.0. The lowest BCUT2D eigenvalue weighted by molar-refractivity contribution is -0.138. The summed E-state index contributed by atoms with van der Waals surface area (Å²) in [6, 6.07) is 0.118. The molecule has 0 radical (unpaired) electrons. The molecule has 0 aromatic carbocycles. The van der Waals surface area contributed by atoms with Crippen molar-refractivity contribution in [1.82, 2.24) is 9.80 Å². The molecule has 1 heterocycles. The Labute approximate surface area is 115 Å². The Hall–Kier alpha value is -1.26. The van der Waals surface area contributed by atoms with Gasteiger partial charge in [0.25, 0.3) is 0 Å². The Morgan fingerprint density at radius 2 is 2.05 bits per heavy atom. The van der Waals surface area contributed by atoms with Crippen LogP contribution in [0.5, 0.6) is 0 Å². The lowest BCUT2D eigenvalue weighted by Crippen LogP contribution is -2.53. The van der Waals surface area contributed by atoms with Crippen LogP contribution in [-0.2, 0) is 4.79 Å². The van der Waals surface area contributed by atoms with Crippen molar-refractivity contribution in [2.45, 2.75) is 65.0 Å². The number of carbonyl (C=O) groups is 2. The zero-order valence-corrected chi connectivity index (χ0v) is 12.3. The summed E-state index contributed by atoms with van der Waals surface area (Å²) in [5.41, 5.74) is 0. The van der Waals surface area contributed by atoms with Crippen LogP contribution in [0.4, 0.5) is 4.79 Å². The number of amides is 2. The van der Waals surface area contributed by atoms with E-state index in [1.807, 2.05) is 18.7 Å². The van der Waals surface area contributed by atoms with E-state index in [4.69, 9.17) is 5.11 Å². The number of carboxylic acid groups (broad SMARTS) is 1. The fourth-order valence-corrected chi connectivity index (χ4v) is 2.62. The van der Waals surface area contributed by atoms with E-state index < -0.39 is 5.97 Å². The van der Waals surface area contributed by atoms with Crippen LogP contribution in [0, 0.1) is 0 Å². The van der Waals surface area contributed by atoms with Gasteiger partial charge in [0.05, 0.1) is 0 Å². The maximum Gasteiger partial charge on any atom is 0.323 e. The van der Waals surface area contributed by atoms with Crippen molar-refractivity contribution in [3.63, 3.8) is 0 Å². The Bertz CT molecular complexity index is 320. The van der Waals surface area contributed by atoms with Gasteiger partial charge in [-0.3, -0.25) is 4.79 Å². The van der Waals surface area contributed by atoms with E-state index >= 15 is 0 Å². The van der Waals surface area contributed by atoms with Crippen LogP contribution < -0.4 is 0 Å². The third-order valence-corrected chi connectivity index (χ3v) is 4.02. The molecule has 0 saturated carbocycles. The first-order chi connectivity index (χ1) is 9.01. The minimum Gasteiger partial charge on any atom is -0.480 e. The standard InChI is InChI=1S/C14H26N2O3/c1-4-11(3)16(10-13(17)18)14(19)15-9-7-6-8-12(15)5-2/h11-12H,4-10H2,1-3H3,(H,17,18). The first kappa shape index (κ1) is 15.8. The molecule has 2 unspecified atom stereocenters. The molecule has 0 bridgehead atoms. The number of urea groups is 1. The van der Waals surface area contributed by atoms with Gasteiger partial charge in [-0.2, -0.15) is 0 Å². The fourth-order valence-electron chi connectivity index (χ4n) is 2.62. The van der Waals surface area contributed by atoms with Crippen LogP contribution in [0.25, 0.3) is 0 Å². The zero-order valence-electron chi connectivity index (χ0n) is 12.3. The van der Waals surface area contributed by atoms with Gasteiger partial charge in [-0.1, -0.05) is 13.8 Å². The van der Waals surface area contributed by atoms with E-state index in [0.29, 0.717) is 0 Å². The predicted octanol–water partition coefficient (Wildman–Crippen LogP) is 2.56. The molecule has 1 fully saturated rings. The molecule has 5 heteroatoms. The van der Waals surface area contributed by atoms with Crippen molar-refractivity contribution in [2.75, 3.05) is 13.1 Å². The lowest BCUT2D eigenvalue weighted by Gasteiger charge is -2.40. The van der Waals surface area contributed by atoms with Gasteiger partial charge in [-0.15, -0.1) is 0 Å². The Balaban J connectivity index is 2.81. The van der Waals surface area contributed by atoms with Gasteiger partial charge in [0.2, 0.25) is 0 Å². The van der Waals surface area contributed by atoms with Crippen LogP contribution >= 0.6 is 0 Å². The highest BCUT2D eigenvalue weighted by atomic mass is 16.4. The third-order valence-electron chi connectivity index (χ3n) is 4.02. The maximum absolute atomic E-state index is 12.6. The minimum atomic E-state index is -0.946. The average molecular weight is 270 g/mol. The second-order valence-corrected chi connectivity index (χ2v) is 5.31. The molecule has 5 nitrogen and oxygen atoms in total. The fraction of sp³-hybridized carbons (Fsp3) is 0.857. The second-order valence-electron chi connectivity index (χ2n) is 5.31. The molecule has 0 aromatic rings. The molecule has 1 saturated heterocycles. The van der Waals surface area contributed by atoms with Crippen LogP contribution in [-0.4, -0.2) is 52.1 Å². The SMILES string of the molecule is CCC(C)N(CC(=O)O)C(=O)N1CCCCC1CC. The third kappa shape index (κ3) is 4.11. The number of likely N-dealkylation sites (tertiary alicyclic amines) is 1. The summed E-state index contributed by atoms with van der Waals surface area (Å²) in [5, 5.41) is 8.99. The van der Waals surface area contributed by atoms with Gasteiger partial charge in [-0.25, -0.2) is 4.79 Å². The first-order valence-corrected chi connectivity index (χ1v) is 7.30. The van der Waals surface area contributed by atoms with Crippen molar-refractivity contribution >= 4 is 12.0 Å². The molecule has 2 amide bonds. The minimum absolute atomic E-state index is 0.0389. The van der Waals surface area contributed by atoms with Crippen molar-refractivity contribution in [3.05, 3.63) is 0 Å². The number of aliphatic carboxylic acids is 1. The first-order valence-electron chi connectivity index (χ1n) is 7.30. The summed E-state index contributed by atoms with van der Waals surface area (Å²) in [4.78, 5) is 26.9. The summed E-state index contributed by atoms with van der Waals surface area (Å²) in [6.45, 7) is 6.51. The van der Waals surface area contributed by atoms with E-state index in [2.05, 4.69) is 6.92 Å². The van der Waals surface area contributed by atoms with E-state index in [-0.39, 0.29) is 24.7 Å². The number of rotatable bonds is 5. The summed E-state index contributed by atoms with van der Waals surface area (Å²) in [5.74, 6) is -0.946. The summed E-state index contributed by atoms with van der Waals surface area (Å²) in [6.07, 6.45) is 4.91. The number of piperidine rings is 1. The van der Waals surface area contributed by atoms with Crippen molar-refractivity contribution < 1.29 is 14.7 Å². The molecule has 0 aliphatic carbocycles. The van der Waals surface area contributed by atoms with Gasteiger partial charge in [0, 0.05) is 18.6 Å². The molecular formula is C14H26N2O3. The lowest BCUT2D eigenvalue weighted by atomic mass is 10.0. The Morgan fingerprint density at radius 1 is 1.37 bits per heavy atom. The molecule has 1 aliphatic rings. The van der Waals surface area contributed by atoms with Gasteiger partial charge < -0.3 is 14.9 Å². The van der Waals surface area contributed by atoms with Crippen molar-refractivity contribution in [2.24, 2.45) is 0 Å². The monoisotopic (exact) mass is 270 g/mol. The number of carbonyl (C=O) groups excluding carboxylic acids is 1. The number of hydrogen-bond acceptors (Lipinski definition) is 2. The highest BCUT2D eigenvalue weighted by molar-refractivity contribution is 5.80. The van der Waals surface area contributed by atoms with Crippen LogP contribution in [0.15, 0.2) is 0 Å².